The van der Waals surface area contributed by atoms with Crippen molar-refractivity contribution < 1.29 is 13.5 Å². The number of hydrogen-bond acceptors (Lipinski definition) is 4. The molecule has 4 rings (SSSR count). The first-order chi connectivity index (χ1) is 14.7. The van der Waals surface area contributed by atoms with Crippen LogP contribution in [0.15, 0.2) is 71.8 Å². The van der Waals surface area contributed by atoms with Crippen LogP contribution in [0.5, 0.6) is 0 Å². The SMILES string of the molecule is CC(C)(C)c1cc(-c2ccc(S(=O)(=O)CCO)cc2)cc([C@@H]2C[C@@H]2c2ccccn2)c1. The van der Waals surface area contributed by atoms with E-state index in [1.54, 1.807) is 12.1 Å². The van der Waals surface area contributed by atoms with Crippen molar-refractivity contribution in [2.24, 2.45) is 0 Å². The molecule has 0 aliphatic heterocycles. The Balaban J connectivity index is 1.69. The highest BCUT2D eigenvalue weighted by atomic mass is 32.2. The summed E-state index contributed by atoms with van der Waals surface area (Å²) in [5, 5.41) is 9.01. The number of rotatable bonds is 6. The summed E-state index contributed by atoms with van der Waals surface area (Å²) in [6, 6.07) is 19.8. The minimum Gasteiger partial charge on any atom is -0.395 e. The summed E-state index contributed by atoms with van der Waals surface area (Å²) in [7, 11) is -3.45. The van der Waals surface area contributed by atoms with Gasteiger partial charge in [0, 0.05) is 17.8 Å². The second-order valence-electron chi connectivity index (χ2n) is 9.36. The Hall–Kier alpha value is -2.50. The molecule has 0 spiro atoms. The minimum atomic E-state index is -3.45. The van der Waals surface area contributed by atoms with Crippen molar-refractivity contribution >= 4 is 9.84 Å². The van der Waals surface area contributed by atoms with Crippen LogP contribution in [0.1, 0.15) is 55.8 Å². The van der Waals surface area contributed by atoms with Gasteiger partial charge in [0.2, 0.25) is 0 Å². The van der Waals surface area contributed by atoms with Crippen molar-refractivity contribution in [3.05, 3.63) is 83.7 Å². The van der Waals surface area contributed by atoms with Gasteiger partial charge in [0.25, 0.3) is 0 Å². The highest BCUT2D eigenvalue weighted by Crippen LogP contribution is 2.54. The van der Waals surface area contributed by atoms with E-state index in [1.165, 1.54) is 11.1 Å². The van der Waals surface area contributed by atoms with Crippen molar-refractivity contribution in [1.82, 2.24) is 4.98 Å². The highest BCUT2D eigenvalue weighted by Gasteiger charge is 2.41. The normalized spacial score (nSPS) is 18.7. The molecule has 1 fully saturated rings. The highest BCUT2D eigenvalue weighted by molar-refractivity contribution is 7.91. The van der Waals surface area contributed by atoms with Gasteiger partial charge in [-0.15, -0.1) is 0 Å². The van der Waals surface area contributed by atoms with E-state index in [0.717, 1.165) is 23.2 Å². The maximum Gasteiger partial charge on any atom is 0.180 e. The third-order valence-electron chi connectivity index (χ3n) is 6.01. The molecule has 1 N–H and O–H groups in total. The van der Waals surface area contributed by atoms with Gasteiger partial charge in [-0.3, -0.25) is 4.98 Å². The van der Waals surface area contributed by atoms with Crippen LogP contribution in [-0.4, -0.2) is 30.9 Å². The lowest BCUT2D eigenvalue weighted by molar-refractivity contribution is 0.319. The summed E-state index contributed by atoms with van der Waals surface area (Å²) in [5.41, 5.74) is 5.82. The zero-order chi connectivity index (χ0) is 22.2. The van der Waals surface area contributed by atoms with E-state index in [-0.39, 0.29) is 22.7 Å². The number of pyridine rings is 1. The van der Waals surface area contributed by atoms with E-state index < -0.39 is 9.84 Å². The second-order valence-corrected chi connectivity index (χ2v) is 11.5. The Kier molecular flexibility index (Phi) is 5.75. The fourth-order valence-corrected chi connectivity index (χ4v) is 5.07. The van der Waals surface area contributed by atoms with Crippen molar-refractivity contribution in [3.63, 3.8) is 0 Å². The molecule has 2 atom stereocenters. The minimum absolute atomic E-state index is 0.00451. The Morgan fingerprint density at radius 2 is 1.71 bits per heavy atom. The first-order valence-corrected chi connectivity index (χ1v) is 12.3. The molecule has 1 aromatic heterocycles. The Morgan fingerprint density at radius 3 is 2.32 bits per heavy atom. The third-order valence-corrected chi connectivity index (χ3v) is 7.72. The summed E-state index contributed by atoms with van der Waals surface area (Å²) in [4.78, 5) is 4.79. The van der Waals surface area contributed by atoms with Crippen molar-refractivity contribution in [3.8, 4) is 11.1 Å². The molecule has 1 saturated carbocycles. The summed E-state index contributed by atoms with van der Waals surface area (Å²) in [5.74, 6) is 0.655. The van der Waals surface area contributed by atoms with Crippen LogP contribution in [0.3, 0.4) is 0 Å². The zero-order valence-corrected chi connectivity index (χ0v) is 19.1. The molecule has 0 bridgehead atoms. The predicted molar refractivity (Wildman–Crippen MR) is 124 cm³/mol. The van der Waals surface area contributed by atoms with Crippen LogP contribution in [0.2, 0.25) is 0 Å². The number of aliphatic hydroxyl groups is 1. The number of hydrogen-bond donors (Lipinski definition) is 1. The summed E-state index contributed by atoms with van der Waals surface area (Å²) < 4.78 is 24.4. The lowest BCUT2D eigenvalue weighted by Crippen LogP contribution is -2.12. The van der Waals surface area contributed by atoms with Gasteiger partial charge in [-0.1, -0.05) is 57.2 Å². The molecule has 31 heavy (non-hydrogen) atoms. The lowest BCUT2D eigenvalue weighted by Gasteiger charge is -2.22. The van der Waals surface area contributed by atoms with Gasteiger partial charge >= 0.3 is 0 Å². The monoisotopic (exact) mass is 435 g/mol. The maximum absolute atomic E-state index is 12.2. The summed E-state index contributed by atoms with van der Waals surface area (Å²) in [6.45, 7) is 6.26. The molecule has 0 amide bonds. The van der Waals surface area contributed by atoms with Gasteiger partial charge in [0.1, 0.15) is 0 Å². The Bertz CT molecular complexity index is 1160. The molecule has 1 heterocycles. The van der Waals surface area contributed by atoms with Gasteiger partial charge in [-0.2, -0.15) is 0 Å². The first-order valence-electron chi connectivity index (χ1n) is 10.7. The fraction of sp³-hybridized carbons (Fsp3) is 0.346. The summed E-state index contributed by atoms with van der Waals surface area (Å²) >= 11 is 0. The molecular weight excluding hydrogens is 406 g/mol. The van der Waals surface area contributed by atoms with Crippen LogP contribution >= 0.6 is 0 Å². The van der Waals surface area contributed by atoms with E-state index in [0.29, 0.717) is 11.8 Å². The number of aromatic nitrogens is 1. The fourth-order valence-electron chi connectivity index (χ4n) is 4.04. The second kappa shape index (κ2) is 8.21. The summed E-state index contributed by atoms with van der Waals surface area (Å²) in [6.07, 6.45) is 2.95. The Labute approximate surface area is 184 Å². The van der Waals surface area contributed by atoms with Crippen molar-refractivity contribution in [2.45, 2.75) is 49.3 Å². The van der Waals surface area contributed by atoms with E-state index in [1.807, 2.05) is 30.5 Å². The van der Waals surface area contributed by atoms with Gasteiger partial charge in [-0.25, -0.2) is 8.42 Å². The average molecular weight is 436 g/mol. The van der Waals surface area contributed by atoms with E-state index >= 15 is 0 Å². The molecule has 4 nitrogen and oxygen atoms in total. The van der Waals surface area contributed by atoms with Crippen molar-refractivity contribution in [1.29, 1.82) is 0 Å². The van der Waals surface area contributed by atoms with Crippen LogP contribution in [0, 0.1) is 0 Å². The van der Waals surface area contributed by atoms with E-state index in [4.69, 9.17) is 5.11 Å². The maximum atomic E-state index is 12.2. The molecule has 0 unspecified atom stereocenters. The quantitative estimate of drug-likeness (QED) is 0.586. The van der Waals surface area contributed by atoms with Gasteiger partial charge in [-0.05, 0) is 64.3 Å². The molecule has 0 saturated heterocycles. The number of nitrogens with zero attached hydrogens (tertiary/aromatic N) is 1. The predicted octanol–water partition coefficient (Wildman–Crippen LogP) is 5.08. The van der Waals surface area contributed by atoms with E-state index in [2.05, 4.69) is 50.0 Å². The topological polar surface area (TPSA) is 67.3 Å². The molecule has 0 radical (unpaired) electrons. The molecule has 3 aromatic rings. The average Bonchev–Trinajstić information content (AvgIpc) is 3.55. The first kappa shape index (κ1) is 21.7. The van der Waals surface area contributed by atoms with E-state index in [9.17, 15) is 8.42 Å². The largest absolute Gasteiger partial charge is 0.395 e. The van der Waals surface area contributed by atoms with Crippen LogP contribution in [0.25, 0.3) is 11.1 Å². The molecule has 1 aliphatic rings. The molecule has 162 valence electrons. The van der Waals surface area contributed by atoms with Gasteiger partial charge in [0.05, 0.1) is 17.3 Å². The number of sulfone groups is 1. The number of benzene rings is 2. The van der Waals surface area contributed by atoms with Crippen LogP contribution in [0.4, 0.5) is 0 Å². The smallest absolute Gasteiger partial charge is 0.180 e. The molecule has 2 aromatic carbocycles. The lowest BCUT2D eigenvalue weighted by atomic mass is 9.83. The van der Waals surface area contributed by atoms with Crippen LogP contribution in [-0.2, 0) is 15.3 Å². The number of aliphatic hydroxyl groups excluding tert-OH is 1. The van der Waals surface area contributed by atoms with Crippen molar-refractivity contribution in [2.75, 3.05) is 12.4 Å². The van der Waals surface area contributed by atoms with Crippen LogP contribution < -0.4 is 0 Å². The van der Waals surface area contributed by atoms with Gasteiger partial charge in [0.15, 0.2) is 9.84 Å². The zero-order valence-electron chi connectivity index (χ0n) is 18.2. The third kappa shape index (κ3) is 4.73. The van der Waals surface area contributed by atoms with Gasteiger partial charge < -0.3 is 5.11 Å². The molecule has 5 heteroatoms. The molecule has 1 aliphatic carbocycles. The molecular formula is C26H29NO3S. The standard InChI is InChI=1S/C26H29NO3S/c1-26(2,3)21-15-19(18-7-9-22(10-8-18)31(29,30)13-12-28)14-20(16-21)23-17-24(23)25-6-4-5-11-27-25/h4-11,14-16,23-24,28H,12-13,17H2,1-3H3/t23-,24-/m0/s1. The Morgan fingerprint density at radius 1 is 0.968 bits per heavy atom.